The van der Waals surface area contributed by atoms with Gasteiger partial charge in [0.2, 0.25) is 10.0 Å². The lowest BCUT2D eigenvalue weighted by atomic mass is 10.1. The molecule has 0 bridgehead atoms. The van der Waals surface area contributed by atoms with Gasteiger partial charge in [-0.3, -0.25) is 0 Å². The Morgan fingerprint density at radius 3 is 2.55 bits per heavy atom. The number of sulfonamides is 1. The standard InChI is InChI=1S/C11H16N6O2S/c1-6-4-5-7(2)10(9(6)12)20(18,19)15-8(3)11-13-16-17-14-11/h4-5,8,15H,12H2,1-3H3,(H,13,14,16,17). The molecule has 1 aromatic carbocycles. The summed E-state index contributed by atoms with van der Waals surface area (Å²) in [5, 5.41) is 13.2. The Balaban J connectivity index is 2.39. The van der Waals surface area contributed by atoms with Crippen molar-refractivity contribution in [2.45, 2.75) is 31.7 Å². The quantitative estimate of drug-likeness (QED) is 0.702. The van der Waals surface area contributed by atoms with Crippen LogP contribution in [0, 0.1) is 13.8 Å². The van der Waals surface area contributed by atoms with E-state index in [0.29, 0.717) is 11.1 Å². The fourth-order valence-electron chi connectivity index (χ4n) is 1.86. The first kappa shape index (κ1) is 14.4. The van der Waals surface area contributed by atoms with E-state index in [1.54, 1.807) is 32.9 Å². The molecule has 1 heterocycles. The van der Waals surface area contributed by atoms with Crippen molar-refractivity contribution >= 4 is 15.7 Å². The predicted octanol–water partition coefficient (Wildman–Crippen LogP) is 0.438. The van der Waals surface area contributed by atoms with Gasteiger partial charge in [0.15, 0.2) is 5.82 Å². The maximum absolute atomic E-state index is 12.5. The molecular formula is C11H16N6O2S. The van der Waals surface area contributed by atoms with Crippen molar-refractivity contribution in [3.05, 3.63) is 29.1 Å². The summed E-state index contributed by atoms with van der Waals surface area (Å²) in [6, 6.07) is 2.89. The van der Waals surface area contributed by atoms with Gasteiger partial charge in [-0.05, 0) is 31.9 Å². The van der Waals surface area contributed by atoms with E-state index in [-0.39, 0.29) is 16.4 Å². The second-order valence-corrected chi connectivity index (χ2v) is 6.21. The van der Waals surface area contributed by atoms with Gasteiger partial charge in [-0.2, -0.15) is 5.21 Å². The summed E-state index contributed by atoms with van der Waals surface area (Å²) in [6.45, 7) is 5.09. The fraction of sp³-hybridized carbons (Fsp3) is 0.364. The molecule has 1 atom stereocenters. The van der Waals surface area contributed by atoms with Gasteiger partial charge in [-0.1, -0.05) is 17.3 Å². The van der Waals surface area contributed by atoms with Crippen molar-refractivity contribution < 1.29 is 8.42 Å². The molecule has 0 saturated carbocycles. The van der Waals surface area contributed by atoms with Crippen molar-refractivity contribution in [1.82, 2.24) is 25.3 Å². The number of nitrogens with one attached hydrogen (secondary N) is 2. The lowest BCUT2D eigenvalue weighted by Crippen LogP contribution is -2.29. The fourth-order valence-corrected chi connectivity index (χ4v) is 3.49. The zero-order valence-corrected chi connectivity index (χ0v) is 12.2. The van der Waals surface area contributed by atoms with Crippen molar-refractivity contribution in [3.63, 3.8) is 0 Å². The lowest BCUT2D eigenvalue weighted by molar-refractivity contribution is 0.559. The van der Waals surface area contributed by atoms with E-state index in [1.165, 1.54) is 0 Å². The van der Waals surface area contributed by atoms with Crippen LogP contribution in [0.1, 0.15) is 29.9 Å². The molecule has 1 unspecified atom stereocenters. The van der Waals surface area contributed by atoms with Crippen LogP contribution >= 0.6 is 0 Å². The lowest BCUT2D eigenvalue weighted by Gasteiger charge is -2.15. The number of aryl methyl sites for hydroxylation is 2. The minimum atomic E-state index is -3.77. The van der Waals surface area contributed by atoms with Crippen molar-refractivity contribution in [2.75, 3.05) is 5.73 Å². The molecule has 2 rings (SSSR count). The minimum absolute atomic E-state index is 0.0906. The largest absolute Gasteiger partial charge is 0.397 e. The summed E-state index contributed by atoms with van der Waals surface area (Å²) < 4.78 is 27.4. The van der Waals surface area contributed by atoms with Gasteiger partial charge in [0.25, 0.3) is 0 Å². The average Bonchev–Trinajstić information content (AvgIpc) is 2.87. The maximum atomic E-state index is 12.5. The second-order valence-electron chi connectivity index (χ2n) is 4.56. The minimum Gasteiger partial charge on any atom is -0.397 e. The number of tetrazole rings is 1. The SMILES string of the molecule is Cc1ccc(C)c(S(=O)(=O)NC(C)c2nn[nH]n2)c1N. The van der Waals surface area contributed by atoms with Gasteiger partial charge in [-0.15, -0.1) is 10.2 Å². The Morgan fingerprint density at radius 2 is 1.95 bits per heavy atom. The molecule has 2 aromatic rings. The normalized spacial score (nSPS) is 13.3. The number of anilines is 1. The summed E-state index contributed by atoms with van der Waals surface area (Å²) >= 11 is 0. The highest BCUT2D eigenvalue weighted by Crippen LogP contribution is 2.26. The Morgan fingerprint density at radius 1 is 1.30 bits per heavy atom. The molecule has 0 aliphatic heterocycles. The van der Waals surface area contributed by atoms with E-state index < -0.39 is 16.1 Å². The number of nitrogens with two attached hydrogens (primary N) is 1. The van der Waals surface area contributed by atoms with Crippen LogP contribution in [0.2, 0.25) is 0 Å². The Labute approximate surface area is 116 Å². The van der Waals surface area contributed by atoms with Gasteiger partial charge in [0.05, 0.1) is 11.7 Å². The van der Waals surface area contributed by atoms with E-state index in [1.807, 2.05) is 0 Å². The van der Waals surface area contributed by atoms with Gasteiger partial charge in [0, 0.05) is 0 Å². The number of benzene rings is 1. The molecule has 0 spiro atoms. The van der Waals surface area contributed by atoms with Gasteiger partial charge in [-0.25, -0.2) is 13.1 Å². The number of hydrogen-bond acceptors (Lipinski definition) is 6. The third kappa shape index (κ3) is 2.63. The van der Waals surface area contributed by atoms with Crippen LogP contribution in [0.4, 0.5) is 5.69 Å². The first-order valence-corrected chi connectivity index (χ1v) is 7.42. The zero-order valence-electron chi connectivity index (χ0n) is 11.4. The van der Waals surface area contributed by atoms with Crippen molar-refractivity contribution in [1.29, 1.82) is 0 Å². The summed E-state index contributed by atoms with van der Waals surface area (Å²) in [5.41, 5.74) is 7.44. The first-order valence-electron chi connectivity index (χ1n) is 5.94. The number of hydrogen-bond donors (Lipinski definition) is 3. The zero-order chi connectivity index (χ0) is 14.9. The first-order chi connectivity index (χ1) is 9.33. The highest BCUT2D eigenvalue weighted by Gasteiger charge is 2.25. The number of nitrogen functional groups attached to an aromatic ring is 1. The molecule has 0 amide bonds. The van der Waals surface area contributed by atoms with Gasteiger partial charge >= 0.3 is 0 Å². The van der Waals surface area contributed by atoms with Gasteiger partial charge in [0.1, 0.15) is 4.90 Å². The molecule has 4 N–H and O–H groups in total. The summed E-state index contributed by atoms with van der Waals surface area (Å²) in [7, 11) is -3.77. The molecule has 108 valence electrons. The second kappa shape index (κ2) is 5.17. The molecule has 0 aliphatic carbocycles. The summed E-state index contributed by atoms with van der Waals surface area (Å²) in [6.07, 6.45) is 0. The molecule has 20 heavy (non-hydrogen) atoms. The van der Waals surface area contributed by atoms with Crippen LogP contribution in [0.25, 0.3) is 0 Å². The topological polar surface area (TPSA) is 127 Å². The highest BCUT2D eigenvalue weighted by molar-refractivity contribution is 7.89. The van der Waals surface area contributed by atoms with Gasteiger partial charge < -0.3 is 5.73 Å². The van der Waals surface area contributed by atoms with E-state index >= 15 is 0 Å². The number of rotatable bonds is 4. The molecule has 0 fully saturated rings. The van der Waals surface area contributed by atoms with E-state index in [0.717, 1.165) is 0 Å². The highest BCUT2D eigenvalue weighted by atomic mass is 32.2. The number of aromatic nitrogens is 4. The Bertz CT molecular complexity index is 711. The Kier molecular flexibility index (Phi) is 3.73. The number of H-pyrrole nitrogens is 1. The monoisotopic (exact) mass is 296 g/mol. The van der Waals surface area contributed by atoms with Crippen LogP contribution in [0.15, 0.2) is 17.0 Å². The number of aromatic amines is 1. The Hall–Kier alpha value is -2.00. The molecule has 0 aliphatic rings. The molecular weight excluding hydrogens is 280 g/mol. The van der Waals surface area contributed by atoms with Crippen LogP contribution in [0.3, 0.4) is 0 Å². The van der Waals surface area contributed by atoms with Crippen LogP contribution in [0.5, 0.6) is 0 Å². The maximum Gasteiger partial charge on any atom is 0.243 e. The number of nitrogens with zero attached hydrogens (tertiary/aromatic N) is 3. The van der Waals surface area contributed by atoms with E-state index in [4.69, 9.17) is 5.73 Å². The van der Waals surface area contributed by atoms with Crippen LogP contribution in [-0.2, 0) is 10.0 Å². The molecule has 9 heteroatoms. The molecule has 0 radical (unpaired) electrons. The molecule has 1 aromatic heterocycles. The third-order valence-corrected chi connectivity index (χ3v) is 4.70. The summed E-state index contributed by atoms with van der Waals surface area (Å²) in [4.78, 5) is 0.0906. The van der Waals surface area contributed by atoms with E-state index in [2.05, 4.69) is 25.3 Å². The summed E-state index contributed by atoms with van der Waals surface area (Å²) in [5.74, 6) is 0.262. The molecule has 8 nitrogen and oxygen atoms in total. The van der Waals surface area contributed by atoms with Crippen molar-refractivity contribution in [3.8, 4) is 0 Å². The third-order valence-electron chi connectivity index (χ3n) is 2.96. The van der Waals surface area contributed by atoms with Crippen molar-refractivity contribution in [2.24, 2.45) is 0 Å². The van der Waals surface area contributed by atoms with Crippen LogP contribution in [-0.4, -0.2) is 29.0 Å². The average molecular weight is 296 g/mol. The molecule has 0 saturated heterocycles. The van der Waals surface area contributed by atoms with Crippen LogP contribution < -0.4 is 10.5 Å². The smallest absolute Gasteiger partial charge is 0.243 e. The van der Waals surface area contributed by atoms with E-state index in [9.17, 15) is 8.42 Å². The predicted molar refractivity (Wildman–Crippen MR) is 73.2 cm³/mol.